The van der Waals surface area contributed by atoms with Crippen molar-refractivity contribution in [3.8, 4) is 0 Å². The van der Waals surface area contributed by atoms with Crippen LogP contribution in [0.15, 0.2) is 30.5 Å². The van der Waals surface area contributed by atoms with E-state index in [0.29, 0.717) is 5.69 Å². The number of methoxy groups -OCH3 is 1. The van der Waals surface area contributed by atoms with Crippen molar-refractivity contribution < 1.29 is 14.3 Å². The van der Waals surface area contributed by atoms with Crippen LogP contribution in [0.1, 0.15) is 13.3 Å². The number of benzene rings is 1. The minimum Gasteiger partial charge on any atom is -0.469 e. The Morgan fingerprint density at radius 3 is 2.90 bits per heavy atom. The van der Waals surface area contributed by atoms with Crippen LogP contribution in [0.25, 0.3) is 10.9 Å². The normalized spacial score (nSPS) is 11.9. The van der Waals surface area contributed by atoms with Gasteiger partial charge in [0, 0.05) is 28.8 Å². The first-order chi connectivity index (χ1) is 9.58. The molecule has 3 N–H and O–H groups in total. The van der Waals surface area contributed by atoms with Crippen molar-refractivity contribution in [3.05, 3.63) is 30.5 Å². The highest BCUT2D eigenvalue weighted by atomic mass is 16.5. The van der Waals surface area contributed by atoms with Gasteiger partial charge in [0.25, 0.3) is 0 Å². The average molecular weight is 275 g/mol. The van der Waals surface area contributed by atoms with Crippen molar-refractivity contribution in [2.75, 3.05) is 12.4 Å². The van der Waals surface area contributed by atoms with E-state index >= 15 is 0 Å². The van der Waals surface area contributed by atoms with E-state index in [0.717, 1.165) is 10.9 Å². The summed E-state index contributed by atoms with van der Waals surface area (Å²) >= 11 is 0. The van der Waals surface area contributed by atoms with Gasteiger partial charge in [-0.2, -0.15) is 0 Å². The van der Waals surface area contributed by atoms with Crippen LogP contribution in [0, 0.1) is 0 Å². The molecule has 106 valence electrons. The Hall–Kier alpha value is -2.50. The van der Waals surface area contributed by atoms with Gasteiger partial charge in [-0.05, 0) is 31.2 Å². The predicted octanol–water partition coefficient (Wildman–Crippen LogP) is 2.24. The topological polar surface area (TPSA) is 83.2 Å². The van der Waals surface area contributed by atoms with Crippen molar-refractivity contribution in [2.24, 2.45) is 0 Å². The molecule has 20 heavy (non-hydrogen) atoms. The smallest absolute Gasteiger partial charge is 0.319 e. The van der Waals surface area contributed by atoms with Gasteiger partial charge in [-0.25, -0.2) is 4.79 Å². The van der Waals surface area contributed by atoms with Crippen molar-refractivity contribution in [1.82, 2.24) is 10.3 Å². The van der Waals surface area contributed by atoms with Crippen molar-refractivity contribution >= 4 is 28.6 Å². The van der Waals surface area contributed by atoms with Crippen LogP contribution in [-0.4, -0.2) is 30.1 Å². The number of ether oxygens (including phenoxy) is 1. The summed E-state index contributed by atoms with van der Waals surface area (Å²) in [7, 11) is 1.32. The monoisotopic (exact) mass is 275 g/mol. The number of urea groups is 1. The fraction of sp³-hybridized carbons (Fsp3) is 0.286. The Bertz CT molecular complexity index is 621. The average Bonchev–Trinajstić information content (AvgIpc) is 2.85. The molecule has 0 radical (unpaired) electrons. The molecule has 1 aromatic heterocycles. The largest absolute Gasteiger partial charge is 0.469 e. The Kier molecular flexibility index (Phi) is 4.24. The minimum atomic E-state index is -0.355. The maximum Gasteiger partial charge on any atom is 0.319 e. The summed E-state index contributed by atoms with van der Waals surface area (Å²) in [5.74, 6) is -0.355. The molecule has 0 fully saturated rings. The van der Waals surface area contributed by atoms with E-state index in [9.17, 15) is 9.59 Å². The number of carbonyl (C=O) groups excluding carboxylic acids is 2. The first kappa shape index (κ1) is 13.9. The Morgan fingerprint density at radius 1 is 1.35 bits per heavy atom. The predicted molar refractivity (Wildman–Crippen MR) is 76.5 cm³/mol. The second-order valence-corrected chi connectivity index (χ2v) is 4.56. The number of hydrogen-bond acceptors (Lipinski definition) is 3. The molecule has 0 spiro atoms. The maximum absolute atomic E-state index is 11.8. The van der Waals surface area contributed by atoms with Gasteiger partial charge in [0.2, 0.25) is 0 Å². The van der Waals surface area contributed by atoms with E-state index in [-0.39, 0.29) is 24.5 Å². The molecule has 1 atom stereocenters. The molecule has 0 unspecified atom stereocenters. The Labute approximate surface area is 116 Å². The molecule has 6 heteroatoms. The quantitative estimate of drug-likeness (QED) is 0.748. The van der Waals surface area contributed by atoms with E-state index < -0.39 is 0 Å². The highest BCUT2D eigenvalue weighted by molar-refractivity contribution is 5.93. The van der Waals surface area contributed by atoms with Gasteiger partial charge in [-0.3, -0.25) is 4.79 Å². The number of hydrogen-bond donors (Lipinski definition) is 3. The van der Waals surface area contributed by atoms with E-state index in [1.807, 2.05) is 30.5 Å². The lowest BCUT2D eigenvalue weighted by atomic mass is 10.2. The number of aromatic nitrogens is 1. The molecule has 0 saturated carbocycles. The standard InChI is InChI=1S/C14H17N3O3/c1-9(7-13(18)20-2)16-14(19)17-11-3-4-12-10(8-11)5-6-15-12/h3-6,8-9,15H,7H2,1-2H3,(H2,16,17,19)/t9-/m0/s1. The van der Waals surface area contributed by atoms with E-state index in [1.165, 1.54) is 7.11 Å². The molecule has 1 aromatic carbocycles. The minimum absolute atomic E-state index is 0.140. The highest BCUT2D eigenvalue weighted by Gasteiger charge is 2.12. The van der Waals surface area contributed by atoms with Crippen LogP contribution < -0.4 is 10.6 Å². The van der Waals surface area contributed by atoms with Crippen molar-refractivity contribution in [3.63, 3.8) is 0 Å². The first-order valence-electron chi connectivity index (χ1n) is 6.30. The number of anilines is 1. The third-order valence-electron chi connectivity index (χ3n) is 2.89. The van der Waals surface area contributed by atoms with Gasteiger partial charge in [0.15, 0.2) is 0 Å². The SMILES string of the molecule is COC(=O)C[C@H](C)NC(=O)Nc1ccc2[nH]ccc2c1. The summed E-state index contributed by atoms with van der Waals surface area (Å²) in [4.78, 5) is 25.9. The second-order valence-electron chi connectivity index (χ2n) is 4.56. The maximum atomic E-state index is 11.8. The summed E-state index contributed by atoms with van der Waals surface area (Å²) in [6.45, 7) is 1.74. The Morgan fingerprint density at radius 2 is 2.15 bits per heavy atom. The zero-order valence-electron chi connectivity index (χ0n) is 11.4. The molecule has 6 nitrogen and oxygen atoms in total. The first-order valence-corrected chi connectivity index (χ1v) is 6.30. The fourth-order valence-electron chi connectivity index (χ4n) is 1.91. The van der Waals surface area contributed by atoms with Gasteiger partial charge in [-0.15, -0.1) is 0 Å². The molecule has 0 aliphatic heterocycles. The van der Waals surface area contributed by atoms with Crippen LogP contribution in [0.2, 0.25) is 0 Å². The third-order valence-corrected chi connectivity index (χ3v) is 2.89. The lowest BCUT2D eigenvalue weighted by molar-refractivity contribution is -0.141. The number of amides is 2. The molecule has 0 aliphatic carbocycles. The molecule has 0 bridgehead atoms. The number of nitrogens with one attached hydrogen (secondary N) is 3. The van der Waals surface area contributed by atoms with Crippen molar-refractivity contribution in [2.45, 2.75) is 19.4 Å². The highest BCUT2D eigenvalue weighted by Crippen LogP contribution is 2.17. The summed E-state index contributed by atoms with van der Waals surface area (Å²) in [5.41, 5.74) is 1.70. The van der Waals surface area contributed by atoms with Crippen LogP contribution in [0.4, 0.5) is 10.5 Å². The molecule has 1 heterocycles. The number of aromatic amines is 1. The summed E-state index contributed by atoms with van der Waals surface area (Å²) in [6.07, 6.45) is 1.98. The van der Waals surface area contributed by atoms with Crippen LogP contribution >= 0.6 is 0 Å². The van der Waals surface area contributed by atoms with Crippen LogP contribution in [0.3, 0.4) is 0 Å². The summed E-state index contributed by atoms with van der Waals surface area (Å²) in [5, 5.41) is 6.43. The summed E-state index contributed by atoms with van der Waals surface area (Å²) < 4.78 is 4.55. The molecule has 2 rings (SSSR count). The van der Waals surface area contributed by atoms with Gasteiger partial charge < -0.3 is 20.4 Å². The van der Waals surface area contributed by atoms with Gasteiger partial charge >= 0.3 is 12.0 Å². The third kappa shape index (κ3) is 3.50. The number of rotatable bonds is 4. The van der Waals surface area contributed by atoms with Gasteiger partial charge in [0.1, 0.15) is 0 Å². The van der Waals surface area contributed by atoms with Crippen molar-refractivity contribution in [1.29, 1.82) is 0 Å². The molecule has 2 aromatic rings. The lowest BCUT2D eigenvalue weighted by Gasteiger charge is -2.13. The van der Waals surface area contributed by atoms with E-state index in [2.05, 4.69) is 20.4 Å². The van der Waals surface area contributed by atoms with Crippen LogP contribution in [-0.2, 0) is 9.53 Å². The summed E-state index contributed by atoms with van der Waals surface area (Å²) in [6, 6.07) is 6.86. The van der Waals surface area contributed by atoms with Gasteiger partial charge in [-0.1, -0.05) is 0 Å². The number of H-pyrrole nitrogens is 1. The number of fused-ring (bicyclic) bond motifs is 1. The molecular weight excluding hydrogens is 258 g/mol. The zero-order valence-corrected chi connectivity index (χ0v) is 11.4. The molecule has 0 aliphatic rings. The molecule has 0 saturated heterocycles. The second kappa shape index (κ2) is 6.10. The number of esters is 1. The molecule has 2 amide bonds. The molecular formula is C14H17N3O3. The van der Waals surface area contributed by atoms with Gasteiger partial charge in [0.05, 0.1) is 13.5 Å². The van der Waals surface area contributed by atoms with E-state index in [4.69, 9.17) is 0 Å². The number of carbonyl (C=O) groups is 2. The van der Waals surface area contributed by atoms with Crippen LogP contribution in [0.5, 0.6) is 0 Å². The fourth-order valence-corrected chi connectivity index (χ4v) is 1.91. The Balaban J connectivity index is 1.92. The van der Waals surface area contributed by atoms with E-state index in [1.54, 1.807) is 6.92 Å². The lowest BCUT2D eigenvalue weighted by Crippen LogP contribution is -2.37. The zero-order chi connectivity index (χ0) is 14.5.